The van der Waals surface area contributed by atoms with E-state index in [2.05, 4.69) is 287 Å². The van der Waals surface area contributed by atoms with Crippen molar-refractivity contribution >= 4 is 94.3 Å². The number of rotatable bonds is 16. The summed E-state index contributed by atoms with van der Waals surface area (Å²) in [7, 11) is -3.53. The van der Waals surface area contributed by atoms with Gasteiger partial charge in [0.15, 0.2) is 0 Å². The second kappa shape index (κ2) is 20.3. The zero-order chi connectivity index (χ0) is 48.3. The van der Waals surface area contributed by atoms with Crippen LogP contribution in [0.1, 0.15) is 94.2 Å². The SMILES string of the molecule is CC(C)[Si](c1ccc(N(c2ccccc2)c2ccc(/C=C/c3ccc4c(ccc5cc(N(c6ccccc6)c6ccc([Si](C(C)C)(C(C)C)C(C)C)cc6)ccc54)c3)cc2)cc1)(C(C)C)C(C)C. The van der Waals surface area contributed by atoms with Gasteiger partial charge < -0.3 is 9.80 Å². The highest BCUT2D eigenvalue weighted by atomic mass is 28.3. The Morgan fingerprint density at radius 3 is 1.01 bits per heavy atom. The summed E-state index contributed by atoms with van der Waals surface area (Å²) in [6, 6.07) is 68.1. The molecule has 0 unspecified atom stereocenters. The molecular weight excluding hydrogens is 853 g/mol. The number of anilines is 6. The Bertz CT molecular complexity index is 2910. The van der Waals surface area contributed by atoms with Crippen molar-refractivity contribution in [2.45, 2.75) is 116 Å². The lowest BCUT2D eigenvalue weighted by atomic mass is 9.99. The lowest BCUT2D eigenvalue weighted by Crippen LogP contribution is -2.55. The fraction of sp³-hybridized carbons (Fsp3) is 0.281. The molecule has 8 aromatic rings. The van der Waals surface area contributed by atoms with Gasteiger partial charge in [0.25, 0.3) is 0 Å². The van der Waals surface area contributed by atoms with E-state index >= 15 is 0 Å². The standard InChI is InChI=1S/C64H74N2Si2/c1-45(2)67(46(3)4,47(5)6)61-37-32-58(33-38-61)65(55-19-15-13-16-20-55)57-30-25-51(26-31-57)23-24-52-27-41-63-53(43-52)28-29-54-44-60(36-42-64(54)63)66(56-21-17-14-18-22-56)59-34-39-62(40-35-59)68(48(7)8,49(9)10)50(11)12/h13-50H,1-12H3/b24-23+. The van der Waals surface area contributed by atoms with Crippen LogP contribution >= 0.6 is 0 Å². The Hall–Kier alpha value is -5.95. The fourth-order valence-electron chi connectivity index (χ4n) is 13.1. The normalized spacial score (nSPS) is 12.6. The Morgan fingerprint density at radius 2 is 0.603 bits per heavy atom. The van der Waals surface area contributed by atoms with E-state index in [1.165, 1.54) is 44.0 Å². The van der Waals surface area contributed by atoms with Gasteiger partial charge in [-0.2, -0.15) is 0 Å². The Morgan fingerprint density at radius 1 is 0.294 bits per heavy atom. The van der Waals surface area contributed by atoms with Crippen LogP contribution in [0.3, 0.4) is 0 Å². The lowest BCUT2D eigenvalue weighted by Gasteiger charge is -2.44. The van der Waals surface area contributed by atoms with E-state index in [-0.39, 0.29) is 0 Å². The van der Waals surface area contributed by atoms with Gasteiger partial charge in [-0.05, 0) is 145 Å². The molecule has 0 aliphatic heterocycles. The molecule has 0 saturated heterocycles. The van der Waals surface area contributed by atoms with Crippen LogP contribution in [0.5, 0.6) is 0 Å². The fourth-order valence-corrected chi connectivity index (χ4v) is 26.6. The number of para-hydroxylation sites is 2. The zero-order valence-corrected chi connectivity index (χ0v) is 44.8. The molecule has 0 atom stereocenters. The Kier molecular flexibility index (Phi) is 14.5. The van der Waals surface area contributed by atoms with Crippen molar-refractivity contribution in [3.8, 4) is 0 Å². The quantitative estimate of drug-likeness (QED) is 0.0541. The van der Waals surface area contributed by atoms with Gasteiger partial charge >= 0.3 is 0 Å². The summed E-state index contributed by atoms with van der Waals surface area (Å²) in [6.45, 7) is 29.4. The summed E-state index contributed by atoms with van der Waals surface area (Å²) in [5, 5.41) is 8.14. The van der Waals surface area contributed by atoms with Crippen LogP contribution in [0.25, 0.3) is 33.7 Å². The molecular formula is C64H74N2Si2. The molecule has 4 heteroatoms. The minimum atomic E-state index is -1.77. The first-order chi connectivity index (χ1) is 32.7. The predicted octanol–water partition coefficient (Wildman–Crippen LogP) is 18.9. The number of hydrogen-bond acceptors (Lipinski definition) is 2. The summed E-state index contributed by atoms with van der Waals surface area (Å²) >= 11 is 0. The van der Waals surface area contributed by atoms with Crippen molar-refractivity contribution in [2.75, 3.05) is 9.80 Å². The molecule has 0 fully saturated rings. The third kappa shape index (κ3) is 9.06. The van der Waals surface area contributed by atoms with Crippen LogP contribution in [0.15, 0.2) is 182 Å². The van der Waals surface area contributed by atoms with Gasteiger partial charge in [-0.1, -0.05) is 209 Å². The second-order valence-corrected chi connectivity index (χ2v) is 32.9. The van der Waals surface area contributed by atoms with Crippen LogP contribution in [-0.4, -0.2) is 16.1 Å². The van der Waals surface area contributed by atoms with E-state index in [0.717, 1.165) is 22.7 Å². The van der Waals surface area contributed by atoms with E-state index in [1.54, 1.807) is 10.4 Å². The molecule has 8 rings (SSSR count). The van der Waals surface area contributed by atoms with Crippen LogP contribution in [0.4, 0.5) is 34.1 Å². The maximum absolute atomic E-state index is 2.45. The molecule has 0 aliphatic rings. The van der Waals surface area contributed by atoms with Crippen LogP contribution in [0.2, 0.25) is 33.2 Å². The molecule has 0 saturated carbocycles. The molecule has 348 valence electrons. The first-order valence-corrected chi connectivity index (χ1v) is 29.8. The van der Waals surface area contributed by atoms with E-state index in [9.17, 15) is 0 Å². The van der Waals surface area contributed by atoms with Gasteiger partial charge in [0.2, 0.25) is 0 Å². The van der Waals surface area contributed by atoms with E-state index in [1.807, 2.05) is 0 Å². The number of nitrogens with zero attached hydrogens (tertiary/aromatic N) is 2. The summed E-state index contributed by atoms with van der Waals surface area (Å²) in [6.07, 6.45) is 4.47. The van der Waals surface area contributed by atoms with Crippen LogP contribution in [0, 0.1) is 0 Å². The molecule has 68 heavy (non-hydrogen) atoms. The molecule has 2 nitrogen and oxygen atoms in total. The first kappa shape index (κ1) is 48.5. The highest BCUT2D eigenvalue weighted by molar-refractivity contribution is 6.95. The molecule has 0 spiro atoms. The minimum absolute atomic E-state index is 0.664. The highest BCUT2D eigenvalue weighted by Crippen LogP contribution is 2.44. The molecule has 0 aliphatic carbocycles. The zero-order valence-electron chi connectivity index (χ0n) is 42.8. The average Bonchev–Trinajstić information content (AvgIpc) is 3.32. The largest absolute Gasteiger partial charge is 0.311 e. The summed E-state index contributed by atoms with van der Waals surface area (Å²) < 4.78 is 0. The number of hydrogen-bond donors (Lipinski definition) is 0. The minimum Gasteiger partial charge on any atom is -0.311 e. The van der Waals surface area contributed by atoms with Gasteiger partial charge in [-0.25, -0.2) is 0 Å². The third-order valence-electron chi connectivity index (χ3n) is 15.7. The smallest absolute Gasteiger partial charge is 0.0942 e. The van der Waals surface area contributed by atoms with Crippen molar-refractivity contribution < 1.29 is 0 Å². The van der Waals surface area contributed by atoms with Crippen LogP contribution in [-0.2, 0) is 0 Å². The topological polar surface area (TPSA) is 6.48 Å². The van der Waals surface area contributed by atoms with Gasteiger partial charge in [0.1, 0.15) is 0 Å². The molecule has 0 heterocycles. The van der Waals surface area contributed by atoms with E-state index in [0.29, 0.717) is 33.2 Å². The van der Waals surface area contributed by atoms with E-state index < -0.39 is 16.1 Å². The maximum atomic E-state index is 2.45. The Balaban J connectivity index is 1.05. The Labute approximate surface area is 411 Å². The van der Waals surface area contributed by atoms with Crippen molar-refractivity contribution in [2.24, 2.45) is 0 Å². The van der Waals surface area contributed by atoms with Crippen LogP contribution < -0.4 is 20.2 Å². The van der Waals surface area contributed by atoms with Crippen molar-refractivity contribution in [3.05, 3.63) is 193 Å². The summed E-state index contributed by atoms with van der Waals surface area (Å²) in [4.78, 5) is 4.79. The molecule has 8 aromatic carbocycles. The maximum Gasteiger partial charge on any atom is 0.0942 e. The van der Waals surface area contributed by atoms with Gasteiger partial charge in [-0.3, -0.25) is 0 Å². The van der Waals surface area contributed by atoms with Gasteiger partial charge in [0, 0.05) is 34.1 Å². The van der Waals surface area contributed by atoms with Gasteiger partial charge in [0.05, 0.1) is 16.1 Å². The van der Waals surface area contributed by atoms with Gasteiger partial charge in [-0.15, -0.1) is 0 Å². The lowest BCUT2D eigenvalue weighted by molar-refractivity contribution is 0.835. The molecule has 0 N–H and O–H groups in total. The third-order valence-corrected chi connectivity index (χ3v) is 29.9. The average molecular weight is 927 g/mol. The summed E-state index contributed by atoms with van der Waals surface area (Å²) in [5.41, 5.74) is 13.3. The van der Waals surface area contributed by atoms with Crippen molar-refractivity contribution in [3.63, 3.8) is 0 Å². The molecule has 0 radical (unpaired) electrons. The molecule has 0 amide bonds. The monoisotopic (exact) mass is 927 g/mol. The number of fused-ring (bicyclic) bond motifs is 3. The molecule has 0 aromatic heterocycles. The predicted molar refractivity (Wildman–Crippen MR) is 308 cm³/mol. The molecule has 0 bridgehead atoms. The van der Waals surface area contributed by atoms with E-state index in [4.69, 9.17) is 0 Å². The number of benzene rings is 8. The first-order valence-electron chi connectivity index (χ1n) is 25.3. The second-order valence-electron chi connectivity index (χ2n) is 21.1. The van der Waals surface area contributed by atoms with Crippen molar-refractivity contribution in [1.82, 2.24) is 0 Å². The highest BCUT2D eigenvalue weighted by Gasteiger charge is 2.45. The summed E-state index contributed by atoms with van der Waals surface area (Å²) in [5.74, 6) is 0. The van der Waals surface area contributed by atoms with Crippen molar-refractivity contribution in [1.29, 1.82) is 0 Å².